The van der Waals surface area contributed by atoms with Crippen LogP contribution in [0.5, 0.6) is 0 Å². The van der Waals surface area contributed by atoms with Crippen LogP contribution in [0.4, 0.5) is 0 Å². The zero-order valence-corrected chi connectivity index (χ0v) is 16.5. The van der Waals surface area contributed by atoms with Crippen molar-refractivity contribution in [2.45, 2.75) is 49.7 Å². The first-order valence-corrected chi connectivity index (χ1v) is 9.38. The molecule has 4 bridgehead atoms. The van der Waals surface area contributed by atoms with Crippen LogP contribution in [0.25, 0.3) is 0 Å². The molecule has 4 unspecified atom stereocenters. The number of hydrogen-bond acceptors (Lipinski definition) is 0. The highest BCUT2D eigenvalue weighted by atomic mass is 35.5. The van der Waals surface area contributed by atoms with E-state index in [0.29, 0.717) is 0 Å². The number of alkyl halides is 10. The first-order valence-electron chi connectivity index (χ1n) is 5.60. The number of hydrogen-bond donors (Lipinski definition) is 0. The molecular weight excluding hydrogens is 475 g/mol. The Morgan fingerprint density at radius 1 is 0.400 bits per heavy atom. The van der Waals surface area contributed by atoms with Gasteiger partial charge in [-0.15, -0.1) is 92.8 Å². The minimum absolute atomic E-state index is 0.190. The van der Waals surface area contributed by atoms with Crippen molar-refractivity contribution < 1.29 is 0 Å². The van der Waals surface area contributed by atoms with Crippen molar-refractivity contribution in [2.24, 2.45) is 0 Å². The quantitative estimate of drug-likeness (QED) is 0.409. The molecule has 0 spiro atoms. The van der Waals surface area contributed by atoms with E-state index in [1.165, 1.54) is 0 Å². The Balaban J connectivity index is 2.05. The predicted molar refractivity (Wildman–Crippen MR) is 87.7 cm³/mol. The van der Waals surface area contributed by atoms with Gasteiger partial charge in [-0.25, -0.2) is 0 Å². The summed E-state index contributed by atoms with van der Waals surface area (Å²) in [5.74, 6) is 0. The first-order chi connectivity index (χ1) is 8.71. The van der Waals surface area contributed by atoms with Crippen molar-refractivity contribution in [1.29, 1.82) is 0 Å². The summed E-state index contributed by atoms with van der Waals surface area (Å²) >= 11 is 66.9. The van der Waals surface area contributed by atoms with E-state index >= 15 is 0 Å². The van der Waals surface area contributed by atoms with E-state index in [-0.39, 0.29) is 6.42 Å². The summed E-state index contributed by atoms with van der Waals surface area (Å²) in [6, 6.07) is 0. The van der Waals surface area contributed by atoms with Gasteiger partial charge in [0.25, 0.3) is 0 Å². The van der Waals surface area contributed by atoms with E-state index in [1.807, 2.05) is 0 Å². The molecule has 10 heteroatoms. The monoisotopic (exact) mass is 472 g/mol. The van der Waals surface area contributed by atoms with Crippen LogP contribution in [-0.4, -0.2) is 43.3 Å². The number of halogens is 10. The van der Waals surface area contributed by atoms with Gasteiger partial charge >= 0.3 is 0 Å². The van der Waals surface area contributed by atoms with Crippen LogP contribution in [0.1, 0.15) is 6.42 Å². The fourth-order valence-electron chi connectivity index (χ4n) is 5.88. The lowest BCUT2D eigenvalue weighted by molar-refractivity contribution is 0.000455. The third kappa shape index (κ3) is 0.606. The van der Waals surface area contributed by atoms with Gasteiger partial charge in [-0.2, -0.15) is 0 Å². The highest BCUT2D eigenvalue weighted by Gasteiger charge is 3.28. The average molecular weight is 477 g/mol. The molecule has 6 saturated carbocycles. The summed E-state index contributed by atoms with van der Waals surface area (Å²) in [6.07, 6.45) is 0.190. The second-order valence-corrected chi connectivity index (χ2v) is 12.3. The van der Waals surface area contributed by atoms with Gasteiger partial charge in [-0.3, -0.25) is 0 Å². The van der Waals surface area contributed by atoms with Crippen LogP contribution in [-0.2, 0) is 0 Å². The SMILES string of the molecule is ClC1(Cl)C2(Cl)C3(Cl)C4(Cl)CC5(Cl)C3(Cl)C1(Cl)C5(Cl)C42Cl. The first kappa shape index (κ1) is 15.2. The van der Waals surface area contributed by atoms with Gasteiger partial charge < -0.3 is 0 Å². The maximum atomic E-state index is 6.77. The molecule has 0 amide bonds. The lowest BCUT2D eigenvalue weighted by Crippen LogP contribution is -3.03. The Morgan fingerprint density at radius 2 is 0.650 bits per heavy atom. The van der Waals surface area contributed by atoms with Gasteiger partial charge in [0.05, 0.1) is 9.75 Å². The van der Waals surface area contributed by atoms with Gasteiger partial charge in [-0.05, 0) is 6.42 Å². The largest absolute Gasteiger partial charge is 0.163 e. The smallest absolute Gasteiger partial charge is 0.115 e. The Kier molecular flexibility index (Phi) is 2.17. The van der Waals surface area contributed by atoms with E-state index in [9.17, 15) is 0 Å². The molecule has 0 saturated heterocycles. The number of rotatable bonds is 0. The molecule has 0 aliphatic heterocycles. The van der Waals surface area contributed by atoms with Gasteiger partial charge in [-0.1, -0.05) is 23.2 Å². The van der Waals surface area contributed by atoms with Crippen molar-refractivity contribution >= 4 is 116 Å². The van der Waals surface area contributed by atoms with E-state index in [2.05, 4.69) is 0 Å². The normalized spacial score (nSPS) is 84.3. The molecule has 0 radical (unpaired) electrons. The summed E-state index contributed by atoms with van der Waals surface area (Å²) in [5.41, 5.74) is 0. The van der Waals surface area contributed by atoms with Crippen LogP contribution in [0, 0.1) is 0 Å². The Bertz CT molecular complexity index is 500. The summed E-state index contributed by atoms with van der Waals surface area (Å²) < 4.78 is -1.77. The van der Waals surface area contributed by atoms with Crippen LogP contribution >= 0.6 is 116 Å². The Labute approximate surface area is 164 Å². The van der Waals surface area contributed by atoms with E-state index in [0.717, 1.165) is 0 Å². The van der Waals surface area contributed by atoms with Gasteiger partial charge in [0.15, 0.2) is 4.33 Å². The maximum absolute atomic E-state index is 6.77. The topological polar surface area (TPSA) is 0 Å². The molecule has 6 aliphatic carbocycles. The highest BCUT2D eigenvalue weighted by molar-refractivity contribution is 6.77. The molecule has 6 rings (SSSR count). The van der Waals surface area contributed by atoms with Gasteiger partial charge in [0.2, 0.25) is 0 Å². The molecule has 0 heterocycles. The van der Waals surface area contributed by atoms with Crippen molar-refractivity contribution in [3.8, 4) is 0 Å². The van der Waals surface area contributed by atoms with E-state index in [4.69, 9.17) is 116 Å². The third-order valence-electron chi connectivity index (χ3n) is 6.38. The summed E-state index contributed by atoms with van der Waals surface area (Å²) in [5, 5.41) is 0. The highest BCUT2D eigenvalue weighted by Crippen LogP contribution is 3.10. The lowest BCUT2D eigenvalue weighted by Gasteiger charge is -2.82. The minimum atomic E-state index is -1.77. The zero-order chi connectivity index (χ0) is 15.2. The molecule has 4 atom stereocenters. The van der Waals surface area contributed by atoms with Crippen molar-refractivity contribution in [2.75, 3.05) is 0 Å². The van der Waals surface area contributed by atoms with Crippen LogP contribution in [0.15, 0.2) is 0 Å². The molecule has 20 heavy (non-hydrogen) atoms. The molecule has 6 fully saturated rings. The molecule has 0 N–H and O–H groups in total. The molecule has 112 valence electrons. The summed E-state index contributed by atoms with van der Waals surface area (Å²) in [6.45, 7) is 0. The average Bonchev–Trinajstić information content (AvgIpc) is 2.63. The van der Waals surface area contributed by atoms with Crippen molar-refractivity contribution in [1.82, 2.24) is 0 Å². The molecular formula is C10H2Cl10. The maximum Gasteiger partial charge on any atom is 0.163 e. The van der Waals surface area contributed by atoms with E-state index in [1.54, 1.807) is 0 Å². The second kappa shape index (κ2) is 2.85. The predicted octanol–water partition coefficient (Wildman–Crippen LogP) is 5.44. The Morgan fingerprint density at radius 3 is 0.900 bits per heavy atom. The molecule has 0 aromatic carbocycles. The fourth-order valence-corrected chi connectivity index (χ4v) is 14.5. The van der Waals surface area contributed by atoms with Crippen molar-refractivity contribution in [3.63, 3.8) is 0 Å². The van der Waals surface area contributed by atoms with Gasteiger partial charge in [0.1, 0.15) is 29.2 Å². The molecule has 0 aromatic heterocycles. The van der Waals surface area contributed by atoms with Crippen LogP contribution in [0.3, 0.4) is 0 Å². The third-order valence-corrected chi connectivity index (χ3v) is 15.5. The summed E-state index contributed by atoms with van der Waals surface area (Å²) in [7, 11) is 0. The molecule has 0 nitrogen and oxygen atoms in total. The summed E-state index contributed by atoms with van der Waals surface area (Å²) in [4.78, 5) is -11.4. The Hall–Kier alpha value is 2.90. The lowest BCUT2D eigenvalue weighted by atomic mass is 9.41. The van der Waals surface area contributed by atoms with Crippen LogP contribution in [0.2, 0.25) is 0 Å². The minimum Gasteiger partial charge on any atom is -0.115 e. The standard InChI is InChI=1S/C10H2Cl10/c11-2-1-3(12)6(15)4(2,13)8(17)5(2,14)7(3,16)9(6,18)10(8,19)20/h1H2. The second-order valence-electron chi connectivity index (χ2n) is 6.30. The van der Waals surface area contributed by atoms with Crippen molar-refractivity contribution in [3.05, 3.63) is 0 Å². The van der Waals surface area contributed by atoms with Gasteiger partial charge in [0, 0.05) is 0 Å². The molecule has 0 aromatic rings. The fraction of sp³-hybridized carbons (Fsp3) is 1.00. The zero-order valence-electron chi connectivity index (χ0n) is 8.99. The molecule has 6 aliphatic rings. The van der Waals surface area contributed by atoms with E-state index < -0.39 is 43.3 Å². The van der Waals surface area contributed by atoms with Crippen LogP contribution < -0.4 is 0 Å².